The van der Waals surface area contributed by atoms with E-state index < -0.39 is 0 Å². The van der Waals surface area contributed by atoms with Gasteiger partial charge in [-0.25, -0.2) is 4.98 Å². The monoisotopic (exact) mass is 280 g/mol. The molecule has 18 heavy (non-hydrogen) atoms. The highest BCUT2D eigenvalue weighted by molar-refractivity contribution is 7.15. The van der Waals surface area contributed by atoms with Gasteiger partial charge in [-0.15, -0.1) is 11.3 Å². The summed E-state index contributed by atoms with van der Waals surface area (Å²) in [5.41, 5.74) is 1.40. The molecule has 0 unspecified atom stereocenters. The number of thiazole rings is 1. The summed E-state index contributed by atoms with van der Waals surface area (Å²) in [5.74, 6) is 0. The third kappa shape index (κ3) is 4.41. The second-order valence-corrected chi connectivity index (χ2v) is 6.08. The van der Waals surface area contributed by atoms with Crippen molar-refractivity contribution in [3.8, 4) is 0 Å². The average Bonchev–Trinajstić information content (AvgIpc) is 2.81. The van der Waals surface area contributed by atoms with Crippen molar-refractivity contribution in [2.24, 2.45) is 0 Å². The number of rotatable bonds is 6. The summed E-state index contributed by atoms with van der Waals surface area (Å²) in [5, 5.41) is 3.49. The maximum absolute atomic E-state index is 5.80. The number of nitrogens with one attached hydrogen (secondary N) is 1. The smallest absolute Gasteiger partial charge is 0.183 e. The lowest BCUT2D eigenvalue weighted by molar-refractivity contribution is 0.516. The number of benzene rings is 1. The van der Waals surface area contributed by atoms with Gasteiger partial charge in [-0.3, -0.25) is 0 Å². The lowest BCUT2D eigenvalue weighted by atomic mass is 10.1. The van der Waals surface area contributed by atoms with Crippen LogP contribution in [0.15, 0.2) is 36.5 Å². The highest BCUT2D eigenvalue weighted by Gasteiger charge is 2.04. The van der Waals surface area contributed by atoms with Crippen molar-refractivity contribution < 1.29 is 0 Å². The van der Waals surface area contributed by atoms with Gasteiger partial charge in [0, 0.05) is 23.7 Å². The van der Waals surface area contributed by atoms with Crippen LogP contribution in [0, 0.1) is 0 Å². The van der Waals surface area contributed by atoms with Gasteiger partial charge in [-0.05, 0) is 25.3 Å². The minimum atomic E-state index is 0.492. The number of aryl methyl sites for hydroxylation is 1. The predicted octanol–water partition coefficient (Wildman–Crippen LogP) is 3.91. The van der Waals surface area contributed by atoms with E-state index in [-0.39, 0.29) is 0 Å². The number of hydrogen-bond acceptors (Lipinski definition) is 3. The summed E-state index contributed by atoms with van der Waals surface area (Å²) in [6, 6.07) is 11.1. The number of aromatic nitrogens is 1. The summed E-state index contributed by atoms with van der Waals surface area (Å²) in [6.07, 6.45) is 4.08. The molecule has 0 spiro atoms. The second-order valence-electron chi connectivity index (χ2n) is 4.39. The third-order valence-corrected chi connectivity index (χ3v) is 3.97. The van der Waals surface area contributed by atoms with E-state index in [0.29, 0.717) is 10.5 Å². The Balaban J connectivity index is 1.71. The van der Waals surface area contributed by atoms with E-state index in [0.717, 1.165) is 19.4 Å². The van der Waals surface area contributed by atoms with Crippen LogP contribution in [0.25, 0.3) is 0 Å². The van der Waals surface area contributed by atoms with E-state index in [1.807, 2.05) is 6.20 Å². The van der Waals surface area contributed by atoms with Crippen LogP contribution in [0.5, 0.6) is 0 Å². The molecule has 0 saturated heterocycles. The van der Waals surface area contributed by atoms with Crippen LogP contribution in [-0.2, 0) is 13.0 Å². The fourth-order valence-electron chi connectivity index (χ4n) is 1.77. The molecular weight excluding hydrogens is 264 g/mol. The molecule has 4 heteroatoms. The van der Waals surface area contributed by atoms with Gasteiger partial charge in [0.2, 0.25) is 0 Å². The molecule has 0 amide bonds. The first-order valence-electron chi connectivity index (χ1n) is 6.11. The van der Waals surface area contributed by atoms with Crippen molar-refractivity contribution >= 4 is 22.9 Å². The first-order chi connectivity index (χ1) is 8.74. The standard InChI is InChI=1S/C14H17ClN2S/c1-11(7-8-12-5-3-2-4-6-12)16-9-13-10-17-14(15)18-13/h2-6,10-11,16H,7-9H2,1H3/t11-/m1/s1. The van der Waals surface area contributed by atoms with Gasteiger partial charge in [-0.1, -0.05) is 41.9 Å². The highest BCUT2D eigenvalue weighted by atomic mass is 35.5. The first-order valence-corrected chi connectivity index (χ1v) is 7.31. The lowest BCUT2D eigenvalue weighted by Gasteiger charge is -2.12. The number of nitrogens with zero attached hydrogens (tertiary/aromatic N) is 1. The van der Waals surface area contributed by atoms with Crippen molar-refractivity contribution in [1.29, 1.82) is 0 Å². The summed E-state index contributed by atoms with van der Waals surface area (Å²) in [7, 11) is 0. The molecule has 0 aliphatic heterocycles. The van der Waals surface area contributed by atoms with E-state index in [4.69, 9.17) is 11.6 Å². The van der Waals surface area contributed by atoms with Crippen LogP contribution >= 0.6 is 22.9 Å². The zero-order valence-electron chi connectivity index (χ0n) is 10.4. The SMILES string of the molecule is C[C@H](CCc1ccccc1)NCc1cnc(Cl)s1. The van der Waals surface area contributed by atoms with Crippen LogP contribution < -0.4 is 5.32 Å². The van der Waals surface area contributed by atoms with Gasteiger partial charge in [0.05, 0.1) is 0 Å². The number of hydrogen-bond donors (Lipinski definition) is 1. The van der Waals surface area contributed by atoms with Crippen LogP contribution in [0.3, 0.4) is 0 Å². The molecule has 1 aromatic heterocycles. The van der Waals surface area contributed by atoms with E-state index in [9.17, 15) is 0 Å². The van der Waals surface area contributed by atoms with Crippen molar-refractivity contribution in [2.75, 3.05) is 0 Å². The maximum atomic E-state index is 5.80. The Labute approximate surface area is 117 Å². The summed E-state index contributed by atoms with van der Waals surface area (Å²) in [4.78, 5) is 5.22. The van der Waals surface area contributed by atoms with Gasteiger partial charge in [0.1, 0.15) is 0 Å². The minimum absolute atomic E-state index is 0.492. The molecule has 2 nitrogen and oxygen atoms in total. The van der Waals surface area contributed by atoms with Crippen molar-refractivity contribution in [1.82, 2.24) is 10.3 Å². The third-order valence-electron chi connectivity index (χ3n) is 2.86. The summed E-state index contributed by atoms with van der Waals surface area (Å²) < 4.78 is 0.615. The Bertz CT molecular complexity index is 470. The Morgan fingerprint density at radius 1 is 1.33 bits per heavy atom. The molecule has 0 radical (unpaired) electrons. The Kier molecular flexibility index (Phi) is 5.17. The summed E-state index contributed by atoms with van der Waals surface area (Å²) >= 11 is 7.33. The van der Waals surface area contributed by atoms with Crippen LogP contribution in [0.2, 0.25) is 4.47 Å². The van der Waals surface area contributed by atoms with Crippen LogP contribution in [0.4, 0.5) is 0 Å². The van der Waals surface area contributed by atoms with Gasteiger partial charge < -0.3 is 5.32 Å². The summed E-state index contributed by atoms with van der Waals surface area (Å²) in [6.45, 7) is 3.06. The van der Waals surface area contributed by atoms with Crippen LogP contribution in [0.1, 0.15) is 23.8 Å². The van der Waals surface area contributed by atoms with Crippen LogP contribution in [-0.4, -0.2) is 11.0 Å². The zero-order valence-corrected chi connectivity index (χ0v) is 12.0. The van der Waals surface area contributed by atoms with E-state index in [1.54, 1.807) is 0 Å². The lowest BCUT2D eigenvalue weighted by Crippen LogP contribution is -2.25. The molecule has 0 saturated carbocycles. The molecule has 0 bridgehead atoms. The van der Waals surface area contributed by atoms with E-state index in [2.05, 4.69) is 47.6 Å². The molecule has 1 N–H and O–H groups in total. The molecular formula is C14H17ClN2S. The quantitative estimate of drug-likeness (QED) is 0.868. The molecule has 0 aliphatic rings. The fraction of sp³-hybridized carbons (Fsp3) is 0.357. The molecule has 2 aromatic rings. The van der Waals surface area contributed by atoms with Gasteiger partial charge in [0.15, 0.2) is 4.47 Å². The largest absolute Gasteiger partial charge is 0.309 e. The van der Waals surface area contributed by atoms with Crippen molar-refractivity contribution in [2.45, 2.75) is 32.4 Å². The second kappa shape index (κ2) is 6.88. The van der Waals surface area contributed by atoms with Gasteiger partial charge >= 0.3 is 0 Å². The molecule has 1 heterocycles. The average molecular weight is 281 g/mol. The maximum Gasteiger partial charge on any atom is 0.183 e. The molecule has 1 aromatic carbocycles. The van der Waals surface area contributed by atoms with Gasteiger partial charge in [0.25, 0.3) is 0 Å². The Morgan fingerprint density at radius 2 is 2.11 bits per heavy atom. The number of halogens is 1. The van der Waals surface area contributed by atoms with E-state index in [1.165, 1.54) is 21.8 Å². The normalized spacial score (nSPS) is 12.6. The molecule has 2 rings (SSSR count). The van der Waals surface area contributed by atoms with Gasteiger partial charge in [-0.2, -0.15) is 0 Å². The zero-order chi connectivity index (χ0) is 12.8. The van der Waals surface area contributed by atoms with Crippen molar-refractivity contribution in [3.05, 3.63) is 51.4 Å². The molecule has 0 fully saturated rings. The molecule has 1 atom stereocenters. The molecule has 0 aliphatic carbocycles. The fourth-order valence-corrected chi connectivity index (χ4v) is 2.70. The van der Waals surface area contributed by atoms with Crippen molar-refractivity contribution in [3.63, 3.8) is 0 Å². The first kappa shape index (κ1) is 13.5. The molecule has 96 valence electrons. The highest BCUT2D eigenvalue weighted by Crippen LogP contribution is 2.17. The Hall–Kier alpha value is -0.900. The minimum Gasteiger partial charge on any atom is -0.309 e. The predicted molar refractivity (Wildman–Crippen MR) is 78.2 cm³/mol. The van der Waals surface area contributed by atoms with E-state index >= 15 is 0 Å². The topological polar surface area (TPSA) is 24.9 Å². The Morgan fingerprint density at radius 3 is 2.78 bits per heavy atom.